The summed E-state index contributed by atoms with van der Waals surface area (Å²) < 4.78 is 67.5. The molecule has 0 unspecified atom stereocenters. The molecular formula is C14H21F3N4O4S. The van der Waals surface area contributed by atoms with Gasteiger partial charge in [-0.25, -0.2) is 17.5 Å². The number of halogens is 3. The fourth-order valence-corrected chi connectivity index (χ4v) is 4.70. The number of aromatic nitrogens is 2. The standard InChI is InChI=1S/C14H21F3N4O4S/c1-18(2)26(24,25)11-8-21(7-10(11)14(15,16)17)6-9-5-19(3)13(23)20(4)12(9)22/h5,10-11H,6-8H2,1-4H3/t10-,11-/m1/s1. The van der Waals surface area contributed by atoms with Gasteiger partial charge in [0.15, 0.2) is 0 Å². The van der Waals surface area contributed by atoms with Crippen molar-refractivity contribution in [1.82, 2.24) is 18.3 Å². The van der Waals surface area contributed by atoms with Gasteiger partial charge in [-0.1, -0.05) is 0 Å². The molecule has 1 aliphatic heterocycles. The molecule has 1 aliphatic rings. The molecule has 0 bridgehead atoms. The van der Waals surface area contributed by atoms with Gasteiger partial charge >= 0.3 is 11.9 Å². The molecule has 148 valence electrons. The SMILES string of the molecule is CN(C)S(=O)(=O)[C@@H]1CN(Cc2cn(C)c(=O)n(C)c2=O)C[C@H]1C(F)(F)F. The molecule has 0 aromatic carbocycles. The van der Waals surface area contributed by atoms with E-state index in [9.17, 15) is 31.2 Å². The van der Waals surface area contributed by atoms with Crippen molar-refractivity contribution in [3.05, 3.63) is 32.6 Å². The number of sulfonamides is 1. The molecule has 1 saturated heterocycles. The van der Waals surface area contributed by atoms with Gasteiger partial charge in [0.1, 0.15) is 5.25 Å². The molecule has 0 N–H and O–H groups in total. The van der Waals surface area contributed by atoms with Gasteiger partial charge in [-0.05, 0) is 0 Å². The van der Waals surface area contributed by atoms with Crippen LogP contribution in [0.25, 0.3) is 0 Å². The Kier molecular flexibility index (Phi) is 5.41. The van der Waals surface area contributed by atoms with E-state index in [1.807, 2.05) is 0 Å². The molecule has 1 fully saturated rings. The predicted octanol–water partition coefficient (Wildman–Crippen LogP) is -0.662. The van der Waals surface area contributed by atoms with E-state index >= 15 is 0 Å². The van der Waals surface area contributed by atoms with Crippen LogP contribution in [0.1, 0.15) is 5.56 Å². The number of rotatable bonds is 4. The topological polar surface area (TPSA) is 84.6 Å². The van der Waals surface area contributed by atoms with Gasteiger partial charge in [0.05, 0.1) is 5.92 Å². The summed E-state index contributed by atoms with van der Waals surface area (Å²) in [4.78, 5) is 25.2. The van der Waals surface area contributed by atoms with Gasteiger partial charge in [-0.15, -0.1) is 0 Å². The molecule has 12 heteroatoms. The van der Waals surface area contributed by atoms with Crippen molar-refractivity contribution in [3.63, 3.8) is 0 Å². The van der Waals surface area contributed by atoms with Crippen molar-refractivity contribution in [1.29, 1.82) is 0 Å². The number of hydrogen-bond acceptors (Lipinski definition) is 5. The summed E-state index contributed by atoms with van der Waals surface area (Å²) in [5.74, 6) is -2.05. The highest BCUT2D eigenvalue weighted by Gasteiger charge is 2.54. The molecule has 2 heterocycles. The molecule has 0 spiro atoms. The molecule has 2 atom stereocenters. The Morgan fingerprint density at radius 2 is 1.77 bits per heavy atom. The fourth-order valence-electron chi connectivity index (χ4n) is 3.10. The second kappa shape index (κ2) is 6.82. The van der Waals surface area contributed by atoms with Crippen LogP contribution in [0.4, 0.5) is 13.2 Å². The van der Waals surface area contributed by atoms with E-state index in [1.54, 1.807) is 0 Å². The first-order valence-electron chi connectivity index (χ1n) is 7.72. The third kappa shape index (κ3) is 3.71. The summed E-state index contributed by atoms with van der Waals surface area (Å²) in [6, 6.07) is 0. The lowest BCUT2D eigenvalue weighted by Gasteiger charge is -2.24. The molecule has 0 saturated carbocycles. The van der Waals surface area contributed by atoms with Crippen LogP contribution < -0.4 is 11.2 Å². The first-order valence-corrected chi connectivity index (χ1v) is 9.23. The zero-order valence-corrected chi connectivity index (χ0v) is 15.6. The quantitative estimate of drug-likeness (QED) is 0.672. The smallest absolute Gasteiger partial charge is 0.303 e. The second-order valence-corrected chi connectivity index (χ2v) is 8.99. The van der Waals surface area contributed by atoms with Crippen molar-refractivity contribution < 1.29 is 21.6 Å². The molecule has 26 heavy (non-hydrogen) atoms. The largest absolute Gasteiger partial charge is 0.394 e. The summed E-state index contributed by atoms with van der Waals surface area (Å²) in [7, 11) is 0.941. The molecule has 0 aliphatic carbocycles. The van der Waals surface area contributed by atoms with Gasteiger partial charge in [0.25, 0.3) is 5.56 Å². The molecule has 8 nitrogen and oxygen atoms in total. The number of aryl methyl sites for hydroxylation is 1. The third-order valence-corrected chi connectivity index (χ3v) is 6.83. The minimum Gasteiger partial charge on any atom is -0.303 e. The number of nitrogens with zero attached hydrogens (tertiary/aromatic N) is 4. The van der Waals surface area contributed by atoms with E-state index in [0.29, 0.717) is 0 Å². The number of likely N-dealkylation sites (tertiary alicyclic amines) is 1. The van der Waals surface area contributed by atoms with E-state index in [0.717, 1.165) is 13.4 Å². The molecule has 2 rings (SSSR count). The highest BCUT2D eigenvalue weighted by molar-refractivity contribution is 7.89. The first kappa shape index (κ1) is 20.6. The average Bonchev–Trinajstić information content (AvgIpc) is 2.95. The Bertz CT molecular complexity index is 904. The highest BCUT2D eigenvalue weighted by atomic mass is 32.2. The summed E-state index contributed by atoms with van der Waals surface area (Å²) in [5, 5.41) is -1.64. The lowest BCUT2D eigenvalue weighted by molar-refractivity contribution is -0.169. The molecular weight excluding hydrogens is 377 g/mol. The maximum Gasteiger partial charge on any atom is 0.394 e. The van der Waals surface area contributed by atoms with Gasteiger partial charge in [0, 0.05) is 59.6 Å². The van der Waals surface area contributed by atoms with Gasteiger partial charge in [-0.2, -0.15) is 13.2 Å². The van der Waals surface area contributed by atoms with Crippen molar-refractivity contribution in [3.8, 4) is 0 Å². The number of hydrogen-bond donors (Lipinski definition) is 0. The molecule has 1 aromatic rings. The molecule has 0 amide bonds. The van der Waals surface area contributed by atoms with Crippen LogP contribution in [0.2, 0.25) is 0 Å². The van der Waals surface area contributed by atoms with Crippen molar-refractivity contribution in [2.45, 2.75) is 18.0 Å². The Labute approximate surface area is 148 Å². The minimum absolute atomic E-state index is 0.124. The van der Waals surface area contributed by atoms with Crippen LogP contribution in [0.3, 0.4) is 0 Å². The van der Waals surface area contributed by atoms with E-state index in [-0.39, 0.29) is 18.7 Å². The monoisotopic (exact) mass is 398 g/mol. The van der Waals surface area contributed by atoms with E-state index in [4.69, 9.17) is 0 Å². The highest BCUT2D eigenvalue weighted by Crippen LogP contribution is 2.38. The maximum absolute atomic E-state index is 13.4. The van der Waals surface area contributed by atoms with Gasteiger partial charge in [-0.3, -0.25) is 14.3 Å². The number of alkyl halides is 3. The normalized spacial score (nSPS) is 22.3. The van der Waals surface area contributed by atoms with Crippen LogP contribution in [0.15, 0.2) is 15.8 Å². The predicted molar refractivity (Wildman–Crippen MR) is 88.1 cm³/mol. The van der Waals surface area contributed by atoms with Crippen LogP contribution in [0.5, 0.6) is 0 Å². The lowest BCUT2D eigenvalue weighted by Crippen LogP contribution is -2.43. The van der Waals surface area contributed by atoms with Gasteiger partial charge in [0.2, 0.25) is 10.0 Å². The Balaban J connectivity index is 2.37. The lowest BCUT2D eigenvalue weighted by atomic mass is 10.1. The fraction of sp³-hybridized carbons (Fsp3) is 0.714. The summed E-state index contributed by atoms with van der Waals surface area (Å²) >= 11 is 0. The van der Waals surface area contributed by atoms with E-state index in [1.165, 1.54) is 39.3 Å². The summed E-state index contributed by atoms with van der Waals surface area (Å²) in [5.41, 5.74) is -1.05. The molecule has 1 aromatic heterocycles. The average molecular weight is 398 g/mol. The third-order valence-electron chi connectivity index (χ3n) is 4.57. The van der Waals surface area contributed by atoms with Crippen molar-refractivity contribution in [2.75, 3.05) is 27.2 Å². The van der Waals surface area contributed by atoms with Gasteiger partial charge < -0.3 is 4.57 Å². The van der Waals surface area contributed by atoms with E-state index in [2.05, 4.69) is 0 Å². The summed E-state index contributed by atoms with van der Waals surface area (Å²) in [6.07, 6.45) is -3.42. The zero-order valence-electron chi connectivity index (χ0n) is 14.8. The van der Waals surface area contributed by atoms with Crippen LogP contribution in [-0.4, -0.2) is 65.4 Å². The Hall–Kier alpha value is -1.66. The Morgan fingerprint density at radius 1 is 1.19 bits per heavy atom. The summed E-state index contributed by atoms with van der Waals surface area (Å²) in [6.45, 7) is -1.06. The van der Waals surface area contributed by atoms with Crippen molar-refractivity contribution >= 4 is 10.0 Å². The van der Waals surface area contributed by atoms with Crippen molar-refractivity contribution in [2.24, 2.45) is 20.0 Å². The first-order chi connectivity index (χ1) is 11.8. The van der Waals surface area contributed by atoms with Crippen LogP contribution in [0, 0.1) is 5.92 Å². The minimum atomic E-state index is -4.68. The van der Waals surface area contributed by atoms with Crippen LogP contribution in [-0.2, 0) is 30.7 Å². The van der Waals surface area contributed by atoms with Crippen LogP contribution >= 0.6 is 0 Å². The maximum atomic E-state index is 13.4. The van der Waals surface area contributed by atoms with E-state index < -0.39 is 45.2 Å². The Morgan fingerprint density at radius 3 is 2.27 bits per heavy atom. The second-order valence-electron chi connectivity index (χ2n) is 6.62. The molecule has 0 radical (unpaired) electrons. The zero-order chi connectivity index (χ0) is 20.0.